The molecule has 0 bridgehead atoms. The molecule has 0 saturated carbocycles. The fourth-order valence-electron chi connectivity index (χ4n) is 8.56. The van der Waals surface area contributed by atoms with Gasteiger partial charge in [0, 0.05) is 16.8 Å². The van der Waals surface area contributed by atoms with Crippen molar-refractivity contribution >= 4 is 45.5 Å². The highest BCUT2D eigenvalue weighted by Crippen LogP contribution is 2.63. The molecule has 0 atom stereocenters. The van der Waals surface area contributed by atoms with E-state index in [1.54, 1.807) is 6.08 Å². The number of aryl methyl sites for hydroxylation is 2. The van der Waals surface area contributed by atoms with E-state index in [1.165, 1.54) is 38.9 Å². The van der Waals surface area contributed by atoms with Gasteiger partial charge in [-0.3, -0.25) is 14.6 Å². The number of hydrogen-bond acceptors (Lipinski definition) is 4. The Morgan fingerprint density at radius 3 is 1.76 bits per heavy atom. The average Bonchev–Trinajstić information content (AvgIpc) is 3.54. The van der Waals surface area contributed by atoms with Crippen molar-refractivity contribution in [2.24, 2.45) is 0 Å². The third kappa shape index (κ3) is 3.79. The van der Waals surface area contributed by atoms with E-state index in [-0.39, 0.29) is 17.1 Å². The molecule has 236 valence electrons. The number of hydrogen-bond donors (Lipinski definition) is 0. The number of pyridine rings is 1. The minimum atomic E-state index is -0.666. The van der Waals surface area contributed by atoms with E-state index in [1.807, 2.05) is 48.7 Å². The molecule has 4 nitrogen and oxygen atoms in total. The van der Waals surface area contributed by atoms with E-state index in [0.29, 0.717) is 16.8 Å². The average molecular weight is 643 g/mol. The second-order valence-corrected chi connectivity index (χ2v) is 13.6. The zero-order chi connectivity index (χ0) is 33.7. The molecule has 0 fully saturated rings. The van der Waals surface area contributed by atoms with Crippen LogP contribution >= 0.6 is 0 Å². The molecule has 2 heterocycles. The Kier molecular flexibility index (Phi) is 5.90. The normalized spacial score (nSPS) is 14.8. The smallest absolute Gasteiger partial charge is 0.197 e. The van der Waals surface area contributed by atoms with Crippen molar-refractivity contribution in [3.8, 4) is 11.1 Å². The molecule has 10 rings (SSSR count). The van der Waals surface area contributed by atoms with Gasteiger partial charge in [-0.05, 0) is 100 Å². The summed E-state index contributed by atoms with van der Waals surface area (Å²) in [7, 11) is 0. The molecule has 2 aliphatic carbocycles. The van der Waals surface area contributed by atoms with Crippen molar-refractivity contribution < 1.29 is 9.59 Å². The minimum Gasteiger partial charge on any atom is -0.308 e. The highest BCUT2D eigenvalue weighted by Gasteiger charge is 2.52. The molecule has 50 heavy (non-hydrogen) atoms. The van der Waals surface area contributed by atoms with Crippen LogP contribution in [0.2, 0.25) is 0 Å². The van der Waals surface area contributed by atoms with Crippen LogP contribution in [-0.4, -0.2) is 16.6 Å². The quantitative estimate of drug-likeness (QED) is 0.139. The van der Waals surface area contributed by atoms with E-state index in [0.717, 1.165) is 33.4 Å². The molecule has 6 aromatic carbocycles. The predicted octanol–water partition coefficient (Wildman–Crippen LogP) is 10.5. The van der Waals surface area contributed by atoms with Crippen LogP contribution in [0.25, 0.3) is 28.0 Å². The van der Waals surface area contributed by atoms with Gasteiger partial charge < -0.3 is 4.90 Å². The van der Waals surface area contributed by atoms with Crippen molar-refractivity contribution in [1.29, 1.82) is 0 Å². The molecule has 0 radical (unpaired) electrons. The first kappa shape index (κ1) is 28.6. The molecule has 7 aromatic rings. The van der Waals surface area contributed by atoms with Gasteiger partial charge in [-0.2, -0.15) is 0 Å². The molecule has 0 N–H and O–H groups in total. The minimum absolute atomic E-state index is 0.145. The predicted molar refractivity (Wildman–Crippen MR) is 200 cm³/mol. The summed E-state index contributed by atoms with van der Waals surface area (Å²) in [5.74, 6) is -0.520. The van der Waals surface area contributed by atoms with Crippen molar-refractivity contribution in [3.05, 3.63) is 195 Å². The molecule has 0 amide bonds. The summed E-state index contributed by atoms with van der Waals surface area (Å²) in [5.41, 5.74) is 13.5. The molecule has 0 saturated heterocycles. The van der Waals surface area contributed by atoms with Gasteiger partial charge >= 0.3 is 0 Å². The van der Waals surface area contributed by atoms with E-state index >= 15 is 0 Å². The lowest BCUT2D eigenvalue weighted by Crippen LogP contribution is -2.36. The fraction of sp³-hybridized carbons (Fsp3) is 0.0652. The van der Waals surface area contributed by atoms with Crippen molar-refractivity contribution in [2.45, 2.75) is 19.3 Å². The molecule has 1 spiro atoms. The second kappa shape index (κ2) is 10.3. The van der Waals surface area contributed by atoms with E-state index in [4.69, 9.17) is 4.98 Å². The van der Waals surface area contributed by atoms with Crippen LogP contribution in [-0.2, 0) is 5.41 Å². The molecule has 4 heteroatoms. The molecular weight excluding hydrogens is 613 g/mol. The van der Waals surface area contributed by atoms with Gasteiger partial charge in [-0.25, -0.2) is 0 Å². The van der Waals surface area contributed by atoms with Gasteiger partial charge in [0.05, 0.1) is 34.3 Å². The summed E-state index contributed by atoms with van der Waals surface area (Å²) in [4.78, 5) is 35.0. The van der Waals surface area contributed by atoms with Gasteiger partial charge in [0.15, 0.2) is 11.6 Å². The lowest BCUT2D eigenvalue weighted by atomic mass is 9.64. The Labute approximate surface area is 290 Å². The Balaban J connectivity index is 1.27. The van der Waals surface area contributed by atoms with Crippen LogP contribution < -0.4 is 4.90 Å². The van der Waals surface area contributed by atoms with E-state index in [9.17, 15) is 9.59 Å². The molecule has 0 unspecified atom stereocenters. The maximum absolute atomic E-state index is 13.9. The summed E-state index contributed by atoms with van der Waals surface area (Å²) < 4.78 is 0. The van der Waals surface area contributed by atoms with Gasteiger partial charge in [0.2, 0.25) is 0 Å². The first-order valence-electron chi connectivity index (χ1n) is 17.0. The number of ketones is 2. The largest absolute Gasteiger partial charge is 0.308 e. The Bertz CT molecular complexity index is 2560. The Hall–Kier alpha value is -6.39. The van der Waals surface area contributed by atoms with Crippen LogP contribution in [0.15, 0.2) is 145 Å². The van der Waals surface area contributed by atoms with Gasteiger partial charge in [-0.15, -0.1) is 0 Å². The number of carbonyl (C=O) groups is 2. The van der Waals surface area contributed by atoms with Crippen molar-refractivity contribution in [2.75, 3.05) is 4.90 Å². The number of nitrogens with zero attached hydrogens (tertiary/aromatic N) is 2. The standard InChI is InChI=1S/C46H30N2O2/c1-27-16-18-33-34-19-17-28(2)21-40(34)46(39(33)20-27)38-14-8-9-15-42(38)48(32-12-4-3-5-13-32)43-26-47-31(25-41(43)46)24-37-44(49)35-22-29-10-6-7-11-30(29)23-36(35)45(37)50/h3-26H,1-2H3. The molecule has 1 aromatic heterocycles. The first-order valence-corrected chi connectivity index (χ1v) is 17.0. The Morgan fingerprint density at radius 2 is 1.12 bits per heavy atom. The lowest BCUT2D eigenvalue weighted by Gasteiger charge is -2.45. The van der Waals surface area contributed by atoms with Crippen LogP contribution in [0.4, 0.5) is 17.1 Å². The summed E-state index contributed by atoms with van der Waals surface area (Å²) in [5, 5.41) is 1.87. The summed E-state index contributed by atoms with van der Waals surface area (Å²) in [6.45, 7) is 4.30. The summed E-state index contributed by atoms with van der Waals surface area (Å²) in [6, 6.07) is 46.2. The molecule has 1 aliphatic heterocycles. The van der Waals surface area contributed by atoms with Gasteiger partial charge in [0.25, 0.3) is 0 Å². The highest BCUT2D eigenvalue weighted by molar-refractivity contribution is 6.42. The topological polar surface area (TPSA) is 50.3 Å². The maximum atomic E-state index is 13.9. The number of benzene rings is 6. The maximum Gasteiger partial charge on any atom is 0.197 e. The highest BCUT2D eigenvalue weighted by atomic mass is 16.2. The third-order valence-electron chi connectivity index (χ3n) is 10.7. The number of carbonyl (C=O) groups excluding carboxylic acids is 2. The zero-order valence-corrected chi connectivity index (χ0v) is 27.6. The summed E-state index contributed by atoms with van der Waals surface area (Å²) in [6.07, 6.45) is 3.61. The lowest BCUT2D eigenvalue weighted by molar-refractivity contribution is 0.0990. The number of Topliss-reactive ketones (excluding diaryl/α,β-unsaturated/α-hetero) is 2. The van der Waals surface area contributed by atoms with Crippen LogP contribution in [0.1, 0.15) is 59.8 Å². The number of aromatic nitrogens is 1. The number of para-hydroxylation sites is 2. The van der Waals surface area contributed by atoms with E-state index < -0.39 is 5.41 Å². The molecular formula is C46H30N2O2. The monoisotopic (exact) mass is 642 g/mol. The number of fused-ring (bicyclic) bond motifs is 11. The molecule has 3 aliphatic rings. The SMILES string of the molecule is Cc1ccc2c(c1)C1(c3cc(C)ccc3-2)c2ccccc2N(c2ccccc2)c2cnc(C=C3C(=O)c4cc5ccccc5cc4C3=O)cc21. The van der Waals surface area contributed by atoms with Crippen LogP contribution in [0.3, 0.4) is 0 Å². The van der Waals surface area contributed by atoms with Crippen LogP contribution in [0, 0.1) is 13.8 Å². The zero-order valence-electron chi connectivity index (χ0n) is 27.6. The van der Waals surface area contributed by atoms with E-state index in [2.05, 4.69) is 110 Å². The van der Waals surface area contributed by atoms with Crippen molar-refractivity contribution in [3.63, 3.8) is 0 Å². The van der Waals surface area contributed by atoms with Gasteiger partial charge in [0.1, 0.15) is 0 Å². The summed E-state index contributed by atoms with van der Waals surface area (Å²) >= 11 is 0. The fourth-order valence-corrected chi connectivity index (χ4v) is 8.56. The first-order chi connectivity index (χ1) is 24.4. The number of rotatable bonds is 2. The second-order valence-electron chi connectivity index (χ2n) is 13.6. The third-order valence-corrected chi connectivity index (χ3v) is 10.7. The number of allylic oxidation sites excluding steroid dienone is 1. The Morgan fingerprint density at radius 1 is 0.540 bits per heavy atom. The van der Waals surface area contributed by atoms with Gasteiger partial charge in [-0.1, -0.05) is 108 Å². The van der Waals surface area contributed by atoms with Crippen molar-refractivity contribution in [1.82, 2.24) is 4.98 Å². The van der Waals surface area contributed by atoms with Crippen LogP contribution in [0.5, 0.6) is 0 Å². The number of anilines is 3.